The Labute approximate surface area is 171 Å². The number of rotatable bonds is 5. The van der Waals surface area contributed by atoms with Crippen molar-refractivity contribution in [2.24, 2.45) is 0 Å². The molecule has 1 N–H and O–H groups in total. The van der Waals surface area contributed by atoms with Gasteiger partial charge in [-0.3, -0.25) is 4.79 Å². The number of carbonyl (C=O) groups is 1. The first-order valence-corrected chi connectivity index (χ1v) is 9.89. The SMILES string of the molecule is COc1ccccc1N1CCCC(NC(=O)C2=Cc3cccc(OC)c3OC2)C1. The van der Waals surface area contributed by atoms with Gasteiger partial charge in [0.15, 0.2) is 11.5 Å². The van der Waals surface area contributed by atoms with Gasteiger partial charge in [-0.2, -0.15) is 0 Å². The highest BCUT2D eigenvalue weighted by molar-refractivity contribution is 5.99. The van der Waals surface area contributed by atoms with E-state index in [1.165, 1.54) is 0 Å². The van der Waals surface area contributed by atoms with Gasteiger partial charge in [-0.1, -0.05) is 24.3 Å². The van der Waals surface area contributed by atoms with E-state index in [1.807, 2.05) is 42.5 Å². The molecule has 1 atom stereocenters. The third-order valence-corrected chi connectivity index (χ3v) is 5.41. The Balaban J connectivity index is 1.45. The molecule has 1 saturated heterocycles. The third-order valence-electron chi connectivity index (χ3n) is 5.41. The van der Waals surface area contributed by atoms with Crippen LogP contribution in [0.3, 0.4) is 0 Å². The molecule has 1 amide bonds. The van der Waals surface area contributed by atoms with Gasteiger partial charge in [0.05, 0.1) is 25.5 Å². The molecule has 152 valence electrons. The van der Waals surface area contributed by atoms with Crippen LogP contribution in [-0.2, 0) is 4.79 Å². The molecule has 2 aliphatic heterocycles. The molecule has 0 radical (unpaired) electrons. The molecule has 0 saturated carbocycles. The first-order chi connectivity index (χ1) is 14.2. The Morgan fingerprint density at radius 3 is 2.72 bits per heavy atom. The monoisotopic (exact) mass is 394 g/mol. The molecule has 2 aliphatic rings. The van der Waals surface area contributed by atoms with E-state index < -0.39 is 0 Å². The van der Waals surface area contributed by atoms with Gasteiger partial charge in [0.1, 0.15) is 12.4 Å². The van der Waals surface area contributed by atoms with E-state index >= 15 is 0 Å². The zero-order valence-corrected chi connectivity index (χ0v) is 16.8. The van der Waals surface area contributed by atoms with Crippen molar-refractivity contribution < 1.29 is 19.0 Å². The number of carbonyl (C=O) groups excluding carboxylic acids is 1. The van der Waals surface area contributed by atoms with Crippen molar-refractivity contribution >= 4 is 17.7 Å². The molecule has 6 nitrogen and oxygen atoms in total. The average Bonchev–Trinajstić information content (AvgIpc) is 2.78. The molecule has 0 spiro atoms. The van der Waals surface area contributed by atoms with Crippen molar-refractivity contribution in [1.29, 1.82) is 0 Å². The molecular weight excluding hydrogens is 368 g/mol. The van der Waals surface area contributed by atoms with Gasteiger partial charge < -0.3 is 24.4 Å². The summed E-state index contributed by atoms with van der Waals surface area (Å²) in [5, 5.41) is 3.18. The lowest BCUT2D eigenvalue weighted by atomic mass is 10.0. The van der Waals surface area contributed by atoms with Gasteiger partial charge in [0.25, 0.3) is 5.91 Å². The summed E-state index contributed by atoms with van der Waals surface area (Å²) in [5.41, 5.74) is 2.55. The smallest absolute Gasteiger partial charge is 0.250 e. The molecule has 29 heavy (non-hydrogen) atoms. The summed E-state index contributed by atoms with van der Waals surface area (Å²) in [5.74, 6) is 2.14. The quantitative estimate of drug-likeness (QED) is 0.844. The zero-order chi connectivity index (χ0) is 20.2. The van der Waals surface area contributed by atoms with Crippen LogP contribution in [0.15, 0.2) is 48.0 Å². The van der Waals surface area contributed by atoms with Gasteiger partial charge >= 0.3 is 0 Å². The highest BCUT2D eigenvalue weighted by Crippen LogP contribution is 2.35. The summed E-state index contributed by atoms with van der Waals surface area (Å²) < 4.78 is 16.6. The second-order valence-electron chi connectivity index (χ2n) is 7.27. The number of piperidine rings is 1. The molecule has 6 heteroatoms. The van der Waals surface area contributed by atoms with Crippen LogP contribution in [0.2, 0.25) is 0 Å². The number of hydrogen-bond acceptors (Lipinski definition) is 5. The second kappa shape index (κ2) is 8.47. The van der Waals surface area contributed by atoms with Crippen LogP contribution in [0.4, 0.5) is 5.69 Å². The molecule has 2 heterocycles. The fraction of sp³-hybridized carbons (Fsp3) is 0.348. The third kappa shape index (κ3) is 4.01. The summed E-state index contributed by atoms with van der Waals surface area (Å²) in [7, 11) is 3.30. The lowest BCUT2D eigenvalue weighted by Gasteiger charge is -2.35. The molecule has 4 rings (SSSR count). The predicted molar refractivity (Wildman–Crippen MR) is 113 cm³/mol. The molecule has 1 unspecified atom stereocenters. The van der Waals surface area contributed by atoms with Crippen molar-refractivity contribution in [2.75, 3.05) is 38.8 Å². The average molecular weight is 394 g/mol. The van der Waals surface area contributed by atoms with Crippen LogP contribution in [0.5, 0.6) is 17.2 Å². The van der Waals surface area contributed by atoms with Gasteiger partial charge in [0.2, 0.25) is 0 Å². The Hall–Kier alpha value is -3.15. The predicted octanol–water partition coefficient (Wildman–Crippen LogP) is 3.26. The van der Waals surface area contributed by atoms with Crippen LogP contribution >= 0.6 is 0 Å². The second-order valence-corrected chi connectivity index (χ2v) is 7.27. The van der Waals surface area contributed by atoms with Crippen molar-refractivity contribution in [3.05, 3.63) is 53.6 Å². The van der Waals surface area contributed by atoms with Gasteiger partial charge in [-0.25, -0.2) is 0 Å². The minimum absolute atomic E-state index is 0.0776. The van der Waals surface area contributed by atoms with E-state index in [9.17, 15) is 4.79 Å². The number of nitrogens with one attached hydrogen (secondary N) is 1. The molecule has 0 aliphatic carbocycles. The van der Waals surface area contributed by atoms with Crippen LogP contribution in [-0.4, -0.2) is 45.9 Å². The molecule has 0 aromatic heterocycles. The zero-order valence-electron chi connectivity index (χ0n) is 16.8. The fourth-order valence-electron chi connectivity index (χ4n) is 3.95. The summed E-state index contributed by atoms with van der Waals surface area (Å²) in [6, 6.07) is 13.8. The highest BCUT2D eigenvalue weighted by Gasteiger charge is 2.26. The molecular formula is C23H26N2O4. The van der Waals surface area contributed by atoms with Crippen molar-refractivity contribution in [1.82, 2.24) is 5.32 Å². The van der Waals surface area contributed by atoms with E-state index in [-0.39, 0.29) is 18.6 Å². The Bertz CT molecular complexity index is 925. The number of nitrogens with zero attached hydrogens (tertiary/aromatic N) is 1. The number of benzene rings is 2. The van der Waals surface area contributed by atoms with E-state index in [0.29, 0.717) is 17.1 Å². The highest BCUT2D eigenvalue weighted by atomic mass is 16.5. The largest absolute Gasteiger partial charge is 0.495 e. The number of ether oxygens (including phenoxy) is 3. The summed E-state index contributed by atoms with van der Waals surface area (Å²) in [4.78, 5) is 15.1. The van der Waals surface area contributed by atoms with Crippen molar-refractivity contribution in [3.63, 3.8) is 0 Å². The Morgan fingerprint density at radius 2 is 1.90 bits per heavy atom. The van der Waals surface area contributed by atoms with E-state index in [0.717, 1.165) is 42.9 Å². The number of hydrogen-bond donors (Lipinski definition) is 1. The van der Waals surface area contributed by atoms with Crippen molar-refractivity contribution in [2.45, 2.75) is 18.9 Å². The summed E-state index contributed by atoms with van der Waals surface area (Å²) >= 11 is 0. The number of fused-ring (bicyclic) bond motifs is 1. The number of anilines is 1. The minimum Gasteiger partial charge on any atom is -0.495 e. The summed E-state index contributed by atoms with van der Waals surface area (Å²) in [6.07, 6.45) is 3.85. The topological polar surface area (TPSA) is 60.0 Å². The molecule has 2 aromatic carbocycles. The van der Waals surface area contributed by atoms with Gasteiger partial charge in [-0.15, -0.1) is 0 Å². The van der Waals surface area contributed by atoms with Crippen LogP contribution in [0, 0.1) is 0 Å². The molecule has 1 fully saturated rings. The first-order valence-electron chi connectivity index (χ1n) is 9.89. The Kier molecular flexibility index (Phi) is 5.60. The molecule has 0 bridgehead atoms. The standard InChI is InChI=1S/C23H26N2O4/c1-27-20-10-4-3-9-19(20)25-12-6-8-18(14-25)24-23(26)17-13-16-7-5-11-21(28-2)22(16)29-15-17/h3-5,7,9-11,13,18H,6,8,12,14-15H2,1-2H3,(H,24,26). The number of para-hydroxylation sites is 3. The molecule has 2 aromatic rings. The normalized spacial score (nSPS) is 18.2. The van der Waals surface area contributed by atoms with Crippen LogP contribution in [0.25, 0.3) is 6.08 Å². The maximum atomic E-state index is 12.9. The Morgan fingerprint density at radius 1 is 1.10 bits per heavy atom. The fourth-order valence-corrected chi connectivity index (χ4v) is 3.95. The first kappa shape index (κ1) is 19.2. The number of amides is 1. The van der Waals surface area contributed by atoms with Gasteiger partial charge in [0, 0.05) is 24.7 Å². The lowest BCUT2D eigenvalue weighted by Crippen LogP contribution is -2.48. The van der Waals surface area contributed by atoms with E-state index in [4.69, 9.17) is 14.2 Å². The van der Waals surface area contributed by atoms with Crippen LogP contribution < -0.4 is 24.4 Å². The van der Waals surface area contributed by atoms with E-state index in [1.54, 1.807) is 14.2 Å². The van der Waals surface area contributed by atoms with E-state index in [2.05, 4.69) is 16.3 Å². The van der Waals surface area contributed by atoms with Crippen molar-refractivity contribution in [3.8, 4) is 17.2 Å². The summed E-state index contributed by atoms with van der Waals surface area (Å²) in [6.45, 7) is 1.94. The maximum Gasteiger partial charge on any atom is 0.250 e. The number of methoxy groups -OCH3 is 2. The van der Waals surface area contributed by atoms with Gasteiger partial charge in [-0.05, 0) is 37.1 Å². The minimum atomic E-state index is -0.0784. The van der Waals surface area contributed by atoms with Crippen LogP contribution in [0.1, 0.15) is 18.4 Å². The maximum absolute atomic E-state index is 12.9. The lowest BCUT2D eigenvalue weighted by molar-refractivity contribution is -0.118.